The molecule has 4 N–H and O–H groups in total. The van der Waals surface area contributed by atoms with Gasteiger partial charge in [-0.1, -0.05) is 6.07 Å². The lowest BCUT2D eigenvalue weighted by molar-refractivity contribution is 0.0957. The van der Waals surface area contributed by atoms with Crippen molar-refractivity contribution < 1.29 is 27.9 Å². The molecule has 0 spiro atoms. The molecule has 2 aromatic carbocycles. The average molecular weight is 471 g/mol. The fourth-order valence-electron chi connectivity index (χ4n) is 2.77. The van der Waals surface area contributed by atoms with Crippen LogP contribution in [0.15, 0.2) is 71.8 Å². The Hall–Kier alpha value is -3.96. The fraction of sp³-hybridized carbons (Fsp3) is 0.136. The molecule has 3 amide bonds. The number of anilines is 2. The molecule has 0 saturated carbocycles. The Morgan fingerprint density at radius 2 is 1.70 bits per heavy atom. The maximum absolute atomic E-state index is 12.3. The largest absolute Gasteiger partial charge is 0.457 e. The van der Waals surface area contributed by atoms with E-state index in [0.717, 1.165) is 0 Å². The predicted octanol–water partition coefficient (Wildman–Crippen LogP) is 2.64. The van der Waals surface area contributed by atoms with Crippen LogP contribution >= 0.6 is 0 Å². The summed E-state index contributed by atoms with van der Waals surface area (Å²) < 4.78 is 29.8. The highest BCUT2D eigenvalue weighted by Crippen LogP contribution is 2.23. The molecular weight excluding hydrogens is 448 g/mol. The van der Waals surface area contributed by atoms with Crippen molar-refractivity contribution in [1.82, 2.24) is 10.3 Å². The second-order valence-electron chi connectivity index (χ2n) is 6.73. The average Bonchev–Trinajstić information content (AvgIpc) is 2.80. The third-order valence-corrected chi connectivity index (χ3v) is 6.04. The minimum absolute atomic E-state index is 0.00605. The minimum Gasteiger partial charge on any atom is -0.457 e. The zero-order valence-electron chi connectivity index (χ0n) is 17.6. The molecule has 1 heterocycles. The lowest BCUT2D eigenvalue weighted by atomic mass is 10.3. The third kappa shape index (κ3) is 6.51. The van der Waals surface area contributed by atoms with Crippen LogP contribution in [0.4, 0.5) is 16.2 Å². The first-order chi connectivity index (χ1) is 15.8. The molecule has 0 fully saturated rings. The molecule has 0 unspecified atom stereocenters. The molecule has 0 aliphatic heterocycles. The van der Waals surface area contributed by atoms with Crippen molar-refractivity contribution in [3.8, 4) is 11.5 Å². The van der Waals surface area contributed by atoms with Gasteiger partial charge in [0.2, 0.25) is 0 Å². The van der Waals surface area contributed by atoms with Crippen molar-refractivity contribution in [2.75, 3.05) is 30.0 Å². The van der Waals surface area contributed by atoms with Crippen molar-refractivity contribution in [3.05, 3.63) is 72.6 Å². The molecule has 3 rings (SSSR count). The Morgan fingerprint density at radius 1 is 0.970 bits per heavy atom. The van der Waals surface area contributed by atoms with Gasteiger partial charge in [-0.2, -0.15) is 0 Å². The number of pyridine rings is 1. The maximum atomic E-state index is 12.3. The molecular formula is C22H22N4O6S. The molecule has 0 aliphatic carbocycles. The molecule has 10 nitrogen and oxygen atoms in total. The van der Waals surface area contributed by atoms with E-state index in [0.29, 0.717) is 17.2 Å². The molecule has 0 atom stereocenters. The molecule has 0 aliphatic rings. The Morgan fingerprint density at radius 3 is 2.39 bits per heavy atom. The van der Waals surface area contributed by atoms with Crippen LogP contribution in [0, 0.1) is 0 Å². The summed E-state index contributed by atoms with van der Waals surface area (Å²) in [6.07, 6.45) is 1.46. The summed E-state index contributed by atoms with van der Waals surface area (Å²) in [6.45, 7) is -0.490. The number of nitrogens with one attached hydrogen (secondary N) is 3. The molecule has 3 aromatic rings. The first-order valence-corrected chi connectivity index (χ1v) is 11.4. The van der Waals surface area contributed by atoms with E-state index in [9.17, 15) is 18.0 Å². The van der Waals surface area contributed by atoms with Crippen LogP contribution in [0.3, 0.4) is 0 Å². The molecule has 33 heavy (non-hydrogen) atoms. The van der Waals surface area contributed by atoms with Crippen LogP contribution in [0.2, 0.25) is 0 Å². The van der Waals surface area contributed by atoms with E-state index in [4.69, 9.17) is 9.84 Å². The molecule has 172 valence electrons. The van der Waals surface area contributed by atoms with Crippen LogP contribution in [0.25, 0.3) is 0 Å². The number of aromatic nitrogens is 1. The summed E-state index contributed by atoms with van der Waals surface area (Å²) >= 11 is 0. The standard InChI is InChI=1S/C22H22N4O6S/c1-23-21(28)20-14-18(9-10-24-20)32-17-7-5-15(6-8-17)25-22(29)26-16-3-2-4-19(13-16)33(30,31)12-11-27/h2-10,13-14,27H,11-12H2,1H3,(H,23,28)(H2,25,26,29). The van der Waals surface area contributed by atoms with E-state index >= 15 is 0 Å². The quantitative estimate of drug-likeness (QED) is 0.396. The summed E-state index contributed by atoms with van der Waals surface area (Å²) in [5, 5.41) is 16.6. The number of hydrogen-bond donors (Lipinski definition) is 4. The Bertz CT molecular complexity index is 1250. The Kier molecular flexibility index (Phi) is 7.59. The van der Waals surface area contributed by atoms with Crippen molar-refractivity contribution in [2.24, 2.45) is 0 Å². The molecule has 0 saturated heterocycles. The van der Waals surface area contributed by atoms with E-state index in [1.165, 1.54) is 37.5 Å². The van der Waals surface area contributed by atoms with Gasteiger partial charge in [-0.3, -0.25) is 9.78 Å². The molecule has 1 aromatic heterocycles. The summed E-state index contributed by atoms with van der Waals surface area (Å²) in [5.41, 5.74) is 0.985. The smallest absolute Gasteiger partial charge is 0.323 e. The number of aliphatic hydroxyl groups is 1. The van der Waals surface area contributed by atoms with E-state index < -0.39 is 28.2 Å². The van der Waals surface area contributed by atoms with Crippen molar-refractivity contribution >= 4 is 33.2 Å². The number of carbonyl (C=O) groups is 2. The minimum atomic E-state index is -3.63. The van der Waals surface area contributed by atoms with E-state index in [-0.39, 0.29) is 22.2 Å². The van der Waals surface area contributed by atoms with Gasteiger partial charge in [0.1, 0.15) is 17.2 Å². The second kappa shape index (κ2) is 10.6. The van der Waals surface area contributed by atoms with Gasteiger partial charge in [-0.15, -0.1) is 0 Å². The van der Waals surface area contributed by atoms with Crippen LogP contribution < -0.4 is 20.7 Å². The lowest BCUT2D eigenvalue weighted by Crippen LogP contribution is -2.19. The Balaban J connectivity index is 1.61. The van der Waals surface area contributed by atoms with Crippen LogP contribution in [0.1, 0.15) is 10.5 Å². The van der Waals surface area contributed by atoms with Crippen molar-refractivity contribution in [3.63, 3.8) is 0 Å². The molecule has 11 heteroatoms. The summed E-state index contributed by atoms with van der Waals surface area (Å²) in [5.74, 6) is 0.182. The van der Waals surface area contributed by atoms with Gasteiger partial charge in [0.05, 0.1) is 17.3 Å². The molecule has 0 radical (unpaired) electrons. The third-order valence-electron chi connectivity index (χ3n) is 4.35. The number of urea groups is 1. The predicted molar refractivity (Wildman–Crippen MR) is 122 cm³/mol. The fourth-order valence-corrected chi connectivity index (χ4v) is 3.84. The van der Waals surface area contributed by atoms with Gasteiger partial charge in [0, 0.05) is 30.7 Å². The van der Waals surface area contributed by atoms with Crippen LogP contribution in [-0.4, -0.2) is 49.9 Å². The normalized spacial score (nSPS) is 10.8. The van der Waals surface area contributed by atoms with Gasteiger partial charge in [0.25, 0.3) is 5.91 Å². The zero-order chi connectivity index (χ0) is 23.8. The molecule has 0 bridgehead atoms. The number of sulfone groups is 1. The van der Waals surface area contributed by atoms with E-state index in [2.05, 4.69) is 20.9 Å². The summed E-state index contributed by atoms with van der Waals surface area (Å²) in [6, 6.07) is 14.8. The van der Waals surface area contributed by atoms with Crippen molar-refractivity contribution in [2.45, 2.75) is 4.90 Å². The number of rotatable bonds is 8. The van der Waals surface area contributed by atoms with Crippen LogP contribution in [-0.2, 0) is 9.84 Å². The number of carbonyl (C=O) groups excluding carboxylic acids is 2. The number of hydrogen-bond acceptors (Lipinski definition) is 7. The van der Waals surface area contributed by atoms with E-state index in [1.54, 1.807) is 36.4 Å². The SMILES string of the molecule is CNC(=O)c1cc(Oc2ccc(NC(=O)Nc3cccc(S(=O)(=O)CCO)c3)cc2)ccn1. The van der Waals surface area contributed by atoms with Crippen molar-refractivity contribution in [1.29, 1.82) is 0 Å². The van der Waals surface area contributed by atoms with Crippen LogP contribution in [0.5, 0.6) is 11.5 Å². The van der Waals surface area contributed by atoms with Gasteiger partial charge < -0.3 is 25.8 Å². The van der Waals surface area contributed by atoms with Gasteiger partial charge in [-0.05, 0) is 48.5 Å². The topological polar surface area (TPSA) is 147 Å². The first-order valence-electron chi connectivity index (χ1n) is 9.78. The second-order valence-corrected chi connectivity index (χ2v) is 8.84. The Labute approximate surface area is 190 Å². The number of benzene rings is 2. The lowest BCUT2D eigenvalue weighted by Gasteiger charge is -2.10. The van der Waals surface area contributed by atoms with Gasteiger partial charge >= 0.3 is 6.03 Å². The zero-order valence-corrected chi connectivity index (χ0v) is 18.4. The highest BCUT2D eigenvalue weighted by molar-refractivity contribution is 7.91. The summed E-state index contributed by atoms with van der Waals surface area (Å²) in [4.78, 5) is 27.9. The van der Waals surface area contributed by atoms with Gasteiger partial charge in [-0.25, -0.2) is 13.2 Å². The number of nitrogens with zero attached hydrogens (tertiary/aromatic N) is 1. The summed E-state index contributed by atoms with van der Waals surface area (Å²) in [7, 11) is -2.12. The number of ether oxygens (including phenoxy) is 1. The monoisotopic (exact) mass is 470 g/mol. The van der Waals surface area contributed by atoms with E-state index in [1.807, 2.05) is 0 Å². The first kappa shape index (κ1) is 23.7. The highest BCUT2D eigenvalue weighted by atomic mass is 32.2. The number of aliphatic hydroxyl groups excluding tert-OH is 1. The maximum Gasteiger partial charge on any atom is 0.323 e. The highest BCUT2D eigenvalue weighted by Gasteiger charge is 2.14. The van der Waals surface area contributed by atoms with Gasteiger partial charge in [0.15, 0.2) is 9.84 Å². The number of amides is 3.